The second-order valence-electron chi connectivity index (χ2n) is 4.14. The number of nitrogens with one attached hydrogen (secondary N) is 1. The largest absolute Gasteiger partial charge is 0.354 e. The van der Waals surface area contributed by atoms with Crippen molar-refractivity contribution >= 4 is 25.6 Å². The Labute approximate surface area is 118 Å². The first-order chi connectivity index (χ1) is 9.16. The van der Waals surface area contributed by atoms with E-state index >= 15 is 0 Å². The summed E-state index contributed by atoms with van der Waals surface area (Å²) in [5, 5.41) is 2.35. The highest BCUT2D eigenvalue weighted by Gasteiger charge is 2.19. The van der Waals surface area contributed by atoms with E-state index in [1.807, 2.05) is 0 Å². The fourth-order valence-electron chi connectivity index (χ4n) is 1.41. The van der Waals surface area contributed by atoms with Gasteiger partial charge in [-0.1, -0.05) is 0 Å². The molecular formula is C11H16N2O5S2. The summed E-state index contributed by atoms with van der Waals surface area (Å²) in [7, 11) is -7.19. The van der Waals surface area contributed by atoms with Crippen LogP contribution in [0.3, 0.4) is 0 Å². The van der Waals surface area contributed by atoms with Gasteiger partial charge in [-0.2, -0.15) is 0 Å². The van der Waals surface area contributed by atoms with E-state index in [2.05, 4.69) is 5.32 Å². The van der Waals surface area contributed by atoms with Gasteiger partial charge in [0.25, 0.3) is 0 Å². The predicted molar refractivity (Wildman–Crippen MR) is 73.7 cm³/mol. The Hall–Kier alpha value is -1.45. The minimum atomic E-state index is -3.80. The van der Waals surface area contributed by atoms with Crippen molar-refractivity contribution in [1.82, 2.24) is 5.32 Å². The maximum Gasteiger partial charge on any atom is 0.235 e. The molecule has 3 N–H and O–H groups in total. The van der Waals surface area contributed by atoms with Gasteiger partial charge in [-0.05, 0) is 24.3 Å². The van der Waals surface area contributed by atoms with Gasteiger partial charge in [0.15, 0.2) is 19.7 Å². The first-order valence-electron chi connectivity index (χ1n) is 5.66. The molecule has 0 unspecified atom stereocenters. The van der Waals surface area contributed by atoms with Crippen molar-refractivity contribution in [3.05, 3.63) is 24.3 Å². The quantitative estimate of drug-likeness (QED) is 0.688. The summed E-state index contributed by atoms with van der Waals surface area (Å²) in [5.41, 5.74) is 5.19. The number of carbonyl (C=O) groups is 1. The summed E-state index contributed by atoms with van der Waals surface area (Å²) in [5.74, 6) is -1.35. The van der Waals surface area contributed by atoms with E-state index in [0.29, 0.717) is 0 Å². The van der Waals surface area contributed by atoms with E-state index in [-0.39, 0.29) is 22.9 Å². The molecule has 0 spiro atoms. The maximum atomic E-state index is 11.9. The highest BCUT2D eigenvalue weighted by atomic mass is 32.2. The van der Waals surface area contributed by atoms with Gasteiger partial charge in [-0.25, -0.2) is 16.8 Å². The topological polar surface area (TPSA) is 123 Å². The fourth-order valence-corrected chi connectivity index (χ4v) is 3.21. The van der Waals surface area contributed by atoms with Crippen LogP contribution in [0, 0.1) is 0 Å². The lowest BCUT2D eigenvalue weighted by atomic mass is 10.4. The average Bonchev–Trinajstić information content (AvgIpc) is 2.35. The van der Waals surface area contributed by atoms with E-state index in [4.69, 9.17) is 5.73 Å². The van der Waals surface area contributed by atoms with Crippen molar-refractivity contribution in [3.63, 3.8) is 0 Å². The standard InChI is InChI=1S/C11H16N2O5S2/c1-19(15,16)9-2-4-10(5-3-9)20(17,18)8-11(14)13-7-6-12/h2-5H,6-8,12H2,1H3,(H,13,14). The summed E-state index contributed by atoms with van der Waals surface area (Å²) in [6.07, 6.45) is 1.02. The molecule has 1 aromatic rings. The number of hydrogen-bond donors (Lipinski definition) is 2. The molecule has 0 radical (unpaired) electrons. The van der Waals surface area contributed by atoms with Crippen LogP contribution in [-0.2, 0) is 24.5 Å². The lowest BCUT2D eigenvalue weighted by molar-refractivity contribution is -0.118. The van der Waals surface area contributed by atoms with Crippen LogP contribution in [0.2, 0.25) is 0 Å². The molecule has 9 heteroatoms. The third-order valence-corrected chi connectivity index (χ3v) is 5.16. The van der Waals surface area contributed by atoms with Gasteiger partial charge >= 0.3 is 0 Å². The minimum absolute atomic E-state index is 0.0176. The monoisotopic (exact) mass is 320 g/mol. The molecule has 1 amide bonds. The van der Waals surface area contributed by atoms with Crippen LogP contribution in [0.5, 0.6) is 0 Å². The van der Waals surface area contributed by atoms with E-state index in [9.17, 15) is 21.6 Å². The zero-order valence-electron chi connectivity index (χ0n) is 10.9. The number of benzene rings is 1. The molecule has 112 valence electrons. The Kier molecular flexibility index (Phi) is 5.26. The number of rotatable bonds is 6. The number of hydrogen-bond acceptors (Lipinski definition) is 6. The lowest BCUT2D eigenvalue weighted by Crippen LogP contribution is -2.33. The number of amides is 1. The Balaban J connectivity index is 2.91. The Bertz CT molecular complexity index is 678. The van der Waals surface area contributed by atoms with Crippen LogP contribution in [0.25, 0.3) is 0 Å². The van der Waals surface area contributed by atoms with Crippen LogP contribution >= 0.6 is 0 Å². The van der Waals surface area contributed by atoms with Crippen molar-refractivity contribution in [2.24, 2.45) is 5.73 Å². The normalized spacial score (nSPS) is 12.1. The van der Waals surface area contributed by atoms with E-state index in [0.717, 1.165) is 6.26 Å². The second kappa shape index (κ2) is 6.33. The van der Waals surface area contributed by atoms with Gasteiger partial charge in [0.1, 0.15) is 5.75 Å². The second-order valence-corrected chi connectivity index (χ2v) is 8.15. The van der Waals surface area contributed by atoms with Crippen LogP contribution in [-0.4, -0.2) is 47.8 Å². The minimum Gasteiger partial charge on any atom is -0.354 e. The van der Waals surface area contributed by atoms with Crippen molar-refractivity contribution in [2.45, 2.75) is 9.79 Å². The summed E-state index contributed by atoms with van der Waals surface area (Å²) < 4.78 is 46.4. The SMILES string of the molecule is CS(=O)(=O)c1ccc(S(=O)(=O)CC(=O)NCCN)cc1. The third-order valence-electron chi connectivity index (χ3n) is 2.40. The molecule has 0 aliphatic heterocycles. The molecule has 0 fully saturated rings. The summed E-state index contributed by atoms with van der Waals surface area (Å²) >= 11 is 0. The van der Waals surface area contributed by atoms with Gasteiger partial charge in [0.05, 0.1) is 9.79 Å². The highest BCUT2D eigenvalue weighted by Crippen LogP contribution is 2.15. The number of carbonyl (C=O) groups excluding carboxylic acids is 1. The smallest absolute Gasteiger partial charge is 0.235 e. The zero-order chi connectivity index (χ0) is 15.4. The molecule has 0 saturated heterocycles. The summed E-state index contributed by atoms with van der Waals surface area (Å²) in [6, 6.07) is 4.73. The molecule has 0 atom stereocenters. The van der Waals surface area contributed by atoms with Crippen LogP contribution in [0.15, 0.2) is 34.1 Å². The molecule has 0 bridgehead atoms. The predicted octanol–water partition coefficient (Wildman–Crippen LogP) is -1.06. The molecule has 0 saturated carbocycles. The molecule has 0 heterocycles. The molecule has 1 aromatic carbocycles. The van der Waals surface area contributed by atoms with Gasteiger partial charge in [0, 0.05) is 19.3 Å². The van der Waals surface area contributed by atoms with Gasteiger partial charge < -0.3 is 11.1 Å². The maximum absolute atomic E-state index is 11.9. The molecule has 0 aliphatic rings. The zero-order valence-corrected chi connectivity index (χ0v) is 12.5. The molecule has 0 aliphatic carbocycles. The molecule has 0 aromatic heterocycles. The number of nitrogens with two attached hydrogens (primary N) is 1. The van der Waals surface area contributed by atoms with Gasteiger partial charge in [-0.3, -0.25) is 4.79 Å². The van der Waals surface area contributed by atoms with Crippen molar-refractivity contribution in [2.75, 3.05) is 25.1 Å². The summed E-state index contributed by atoms with van der Waals surface area (Å²) in [4.78, 5) is 11.3. The van der Waals surface area contributed by atoms with E-state index in [1.54, 1.807) is 0 Å². The van der Waals surface area contributed by atoms with Crippen molar-refractivity contribution < 1.29 is 21.6 Å². The third kappa shape index (κ3) is 4.58. The Morgan fingerprint density at radius 1 is 1.10 bits per heavy atom. The van der Waals surface area contributed by atoms with Gasteiger partial charge in [0.2, 0.25) is 5.91 Å². The van der Waals surface area contributed by atoms with Crippen LogP contribution in [0.1, 0.15) is 0 Å². The highest BCUT2D eigenvalue weighted by molar-refractivity contribution is 7.92. The van der Waals surface area contributed by atoms with Crippen molar-refractivity contribution in [3.8, 4) is 0 Å². The fraction of sp³-hybridized carbons (Fsp3) is 0.364. The average molecular weight is 320 g/mol. The summed E-state index contributed by atoms with van der Waals surface area (Å²) in [6.45, 7) is 0.413. The molecule has 1 rings (SSSR count). The van der Waals surface area contributed by atoms with Gasteiger partial charge in [-0.15, -0.1) is 0 Å². The van der Waals surface area contributed by atoms with Crippen LogP contribution < -0.4 is 11.1 Å². The first-order valence-corrected chi connectivity index (χ1v) is 9.21. The lowest BCUT2D eigenvalue weighted by Gasteiger charge is -2.06. The van der Waals surface area contributed by atoms with E-state index < -0.39 is 31.3 Å². The molecule has 7 nitrogen and oxygen atoms in total. The Morgan fingerprint density at radius 2 is 1.60 bits per heavy atom. The van der Waals surface area contributed by atoms with Crippen LogP contribution in [0.4, 0.5) is 0 Å². The number of sulfone groups is 2. The first kappa shape index (κ1) is 16.6. The Morgan fingerprint density at radius 3 is 2.05 bits per heavy atom. The molecular weight excluding hydrogens is 304 g/mol. The van der Waals surface area contributed by atoms with Crippen molar-refractivity contribution in [1.29, 1.82) is 0 Å². The molecule has 20 heavy (non-hydrogen) atoms. The van der Waals surface area contributed by atoms with E-state index in [1.165, 1.54) is 24.3 Å².